The molecule has 0 radical (unpaired) electrons. The maximum atomic E-state index is 13.3. The van der Waals surface area contributed by atoms with Gasteiger partial charge in [-0.3, -0.25) is 9.78 Å². The Kier molecular flexibility index (Phi) is 4.71. The van der Waals surface area contributed by atoms with Gasteiger partial charge in [0, 0.05) is 21.6 Å². The van der Waals surface area contributed by atoms with Crippen molar-refractivity contribution in [2.24, 2.45) is 0 Å². The predicted molar refractivity (Wildman–Crippen MR) is 79.1 cm³/mol. The van der Waals surface area contributed by atoms with Crippen molar-refractivity contribution in [3.05, 3.63) is 61.5 Å². The normalized spacial score (nSPS) is 10.5. The molecule has 0 saturated heterocycles. The summed E-state index contributed by atoms with van der Waals surface area (Å²) in [6.45, 7) is 0. The second-order valence-corrected chi connectivity index (χ2v) is 6.01. The zero-order valence-electron chi connectivity index (χ0n) is 9.46. The number of pyridine rings is 1. The van der Waals surface area contributed by atoms with Crippen molar-refractivity contribution in [1.29, 1.82) is 0 Å². The Hall–Kier alpha value is -0.780. The number of rotatable bonds is 3. The van der Waals surface area contributed by atoms with Gasteiger partial charge in [0.25, 0.3) is 0 Å². The van der Waals surface area contributed by atoms with E-state index in [4.69, 9.17) is 11.6 Å². The van der Waals surface area contributed by atoms with Gasteiger partial charge in [0.1, 0.15) is 11.5 Å². The fourth-order valence-corrected chi connectivity index (χ4v) is 2.86. The van der Waals surface area contributed by atoms with Gasteiger partial charge in [0.05, 0.1) is 5.02 Å². The van der Waals surface area contributed by atoms with Gasteiger partial charge >= 0.3 is 0 Å². The molecule has 1 aromatic carbocycles. The van der Waals surface area contributed by atoms with E-state index < -0.39 is 5.82 Å². The molecule has 2 aromatic rings. The number of halogens is 4. The summed E-state index contributed by atoms with van der Waals surface area (Å²) in [5.74, 6) is -0.726. The second kappa shape index (κ2) is 6.11. The maximum absolute atomic E-state index is 13.3. The SMILES string of the molecule is O=C(Cc1ccc(Cl)c(F)c1)c1ncc(Br)cc1Br. The molecule has 0 spiro atoms. The average Bonchev–Trinajstić information content (AvgIpc) is 2.33. The Bertz CT molecular complexity index is 649. The van der Waals surface area contributed by atoms with Crippen LogP contribution in [-0.2, 0) is 6.42 Å². The van der Waals surface area contributed by atoms with Crippen molar-refractivity contribution in [3.8, 4) is 0 Å². The number of carbonyl (C=O) groups excluding carboxylic acids is 1. The van der Waals surface area contributed by atoms with E-state index in [0.717, 1.165) is 4.47 Å². The zero-order chi connectivity index (χ0) is 14.0. The van der Waals surface area contributed by atoms with Crippen LogP contribution < -0.4 is 0 Å². The highest BCUT2D eigenvalue weighted by molar-refractivity contribution is 9.11. The molecule has 2 nitrogen and oxygen atoms in total. The summed E-state index contributed by atoms with van der Waals surface area (Å²) in [7, 11) is 0. The van der Waals surface area contributed by atoms with Gasteiger partial charge in [-0.1, -0.05) is 17.7 Å². The van der Waals surface area contributed by atoms with E-state index >= 15 is 0 Å². The Morgan fingerprint density at radius 3 is 2.68 bits per heavy atom. The number of carbonyl (C=O) groups is 1. The molecule has 1 heterocycles. The van der Waals surface area contributed by atoms with E-state index in [-0.39, 0.29) is 17.2 Å². The summed E-state index contributed by atoms with van der Waals surface area (Å²) < 4.78 is 14.7. The third-order valence-corrected chi connectivity index (χ3v) is 3.77. The van der Waals surface area contributed by atoms with Gasteiger partial charge in [-0.2, -0.15) is 0 Å². The third-order valence-electron chi connectivity index (χ3n) is 2.42. The standard InChI is InChI=1S/C13H7Br2ClFNO/c14-8-5-9(15)13(18-6-8)12(19)4-7-1-2-10(16)11(17)3-7/h1-3,5-6H,4H2. The molecule has 0 unspecified atom stereocenters. The number of Topliss-reactive ketones (excluding diaryl/α,β-unsaturated/α-hetero) is 1. The smallest absolute Gasteiger partial charge is 0.186 e. The fourth-order valence-electron chi connectivity index (χ4n) is 1.54. The minimum absolute atomic E-state index is 0.0409. The van der Waals surface area contributed by atoms with Crippen LogP contribution in [0.5, 0.6) is 0 Å². The molecule has 0 aliphatic carbocycles. The zero-order valence-corrected chi connectivity index (χ0v) is 13.4. The van der Waals surface area contributed by atoms with E-state index in [1.165, 1.54) is 12.1 Å². The van der Waals surface area contributed by atoms with Gasteiger partial charge in [-0.25, -0.2) is 4.39 Å². The summed E-state index contributed by atoms with van der Waals surface area (Å²) in [5, 5.41) is 0.0409. The number of hydrogen-bond donors (Lipinski definition) is 0. The van der Waals surface area contributed by atoms with Crippen LogP contribution in [0.4, 0.5) is 4.39 Å². The molecule has 19 heavy (non-hydrogen) atoms. The van der Waals surface area contributed by atoms with Crippen LogP contribution in [0.3, 0.4) is 0 Å². The minimum atomic E-state index is -0.533. The van der Waals surface area contributed by atoms with Gasteiger partial charge in [-0.05, 0) is 55.6 Å². The van der Waals surface area contributed by atoms with Crippen LogP contribution in [-0.4, -0.2) is 10.8 Å². The molecule has 0 fully saturated rings. The summed E-state index contributed by atoms with van der Waals surface area (Å²) in [6.07, 6.45) is 1.61. The molecular weight excluding hydrogens is 400 g/mol. The fraction of sp³-hybridized carbons (Fsp3) is 0.0769. The van der Waals surface area contributed by atoms with Crippen molar-refractivity contribution in [3.63, 3.8) is 0 Å². The summed E-state index contributed by atoms with van der Waals surface area (Å²) in [4.78, 5) is 16.1. The summed E-state index contributed by atoms with van der Waals surface area (Å²) in [5.41, 5.74) is 0.877. The van der Waals surface area contributed by atoms with Crippen molar-refractivity contribution < 1.29 is 9.18 Å². The molecule has 0 amide bonds. The largest absolute Gasteiger partial charge is 0.292 e. The van der Waals surface area contributed by atoms with E-state index in [9.17, 15) is 9.18 Å². The molecule has 0 atom stereocenters. The first-order valence-corrected chi connectivity index (χ1v) is 7.22. The highest BCUT2D eigenvalue weighted by Gasteiger charge is 2.13. The minimum Gasteiger partial charge on any atom is -0.292 e. The van der Waals surface area contributed by atoms with Gasteiger partial charge in [0.15, 0.2) is 5.78 Å². The molecule has 0 N–H and O–H groups in total. The van der Waals surface area contributed by atoms with Crippen molar-refractivity contribution in [2.45, 2.75) is 6.42 Å². The Balaban J connectivity index is 2.23. The Morgan fingerprint density at radius 2 is 2.05 bits per heavy atom. The first kappa shape index (κ1) is 14.6. The van der Waals surface area contributed by atoms with Crippen molar-refractivity contribution >= 4 is 49.2 Å². The first-order chi connectivity index (χ1) is 8.97. The van der Waals surface area contributed by atoms with Gasteiger partial charge in [0.2, 0.25) is 0 Å². The topological polar surface area (TPSA) is 30.0 Å². The Labute approximate surface area is 131 Å². The lowest BCUT2D eigenvalue weighted by molar-refractivity contribution is 0.0987. The number of aromatic nitrogens is 1. The van der Waals surface area contributed by atoms with Crippen LogP contribution in [0.15, 0.2) is 39.4 Å². The lowest BCUT2D eigenvalue weighted by Gasteiger charge is -2.04. The lowest BCUT2D eigenvalue weighted by Crippen LogP contribution is -2.07. The van der Waals surface area contributed by atoms with E-state index in [0.29, 0.717) is 15.7 Å². The number of benzene rings is 1. The predicted octanol–water partition coefficient (Wildman–Crippen LogP) is 4.82. The molecule has 98 valence electrons. The number of hydrogen-bond acceptors (Lipinski definition) is 2. The lowest BCUT2D eigenvalue weighted by atomic mass is 10.1. The van der Waals surface area contributed by atoms with E-state index in [1.807, 2.05) is 0 Å². The monoisotopic (exact) mass is 405 g/mol. The average molecular weight is 407 g/mol. The molecule has 0 aliphatic rings. The summed E-state index contributed by atoms with van der Waals surface area (Å²) in [6, 6.07) is 6.05. The second-order valence-electron chi connectivity index (χ2n) is 3.83. The molecule has 1 aromatic heterocycles. The van der Waals surface area contributed by atoms with Crippen molar-refractivity contribution in [2.75, 3.05) is 0 Å². The maximum Gasteiger partial charge on any atom is 0.186 e. The third kappa shape index (κ3) is 3.61. The number of nitrogens with zero attached hydrogens (tertiary/aromatic N) is 1. The molecule has 0 saturated carbocycles. The highest BCUT2D eigenvalue weighted by atomic mass is 79.9. The molecule has 2 rings (SSSR count). The van der Waals surface area contributed by atoms with Gasteiger partial charge in [-0.15, -0.1) is 0 Å². The summed E-state index contributed by atoms with van der Waals surface area (Å²) >= 11 is 12.1. The molecule has 6 heteroatoms. The molecule has 0 aliphatic heterocycles. The van der Waals surface area contributed by atoms with Crippen LogP contribution in [0, 0.1) is 5.82 Å². The number of ketones is 1. The van der Waals surface area contributed by atoms with Crippen LogP contribution in [0.25, 0.3) is 0 Å². The van der Waals surface area contributed by atoms with E-state index in [2.05, 4.69) is 36.8 Å². The van der Waals surface area contributed by atoms with Crippen molar-refractivity contribution in [1.82, 2.24) is 4.98 Å². The van der Waals surface area contributed by atoms with Crippen LogP contribution in [0.1, 0.15) is 16.1 Å². The van der Waals surface area contributed by atoms with Crippen LogP contribution >= 0.6 is 43.5 Å². The molecule has 0 bridgehead atoms. The van der Waals surface area contributed by atoms with Gasteiger partial charge < -0.3 is 0 Å². The Morgan fingerprint density at radius 1 is 1.32 bits per heavy atom. The molecular formula is C13H7Br2ClFNO. The quantitative estimate of drug-likeness (QED) is 0.683. The highest BCUT2D eigenvalue weighted by Crippen LogP contribution is 2.22. The van der Waals surface area contributed by atoms with E-state index in [1.54, 1.807) is 18.3 Å². The van der Waals surface area contributed by atoms with Crippen LogP contribution in [0.2, 0.25) is 5.02 Å². The first-order valence-electron chi connectivity index (χ1n) is 5.25.